The van der Waals surface area contributed by atoms with E-state index in [2.05, 4.69) is 5.32 Å². The molecule has 0 saturated carbocycles. The second-order valence-corrected chi connectivity index (χ2v) is 4.68. The molecule has 1 saturated heterocycles. The van der Waals surface area contributed by atoms with Crippen molar-refractivity contribution < 1.29 is 4.74 Å². The van der Waals surface area contributed by atoms with Gasteiger partial charge in [0.05, 0.1) is 12.5 Å². The van der Waals surface area contributed by atoms with Gasteiger partial charge in [-0.25, -0.2) is 0 Å². The summed E-state index contributed by atoms with van der Waals surface area (Å²) in [5, 5.41) is 4.44. The van der Waals surface area contributed by atoms with Crippen molar-refractivity contribution in [2.24, 2.45) is 0 Å². The molecule has 2 nitrogen and oxygen atoms in total. The van der Waals surface area contributed by atoms with Crippen molar-refractivity contribution in [1.29, 1.82) is 0 Å². The summed E-state index contributed by atoms with van der Waals surface area (Å²) in [5.41, 5.74) is 1.07. The van der Waals surface area contributed by atoms with E-state index in [0.717, 1.165) is 28.6 Å². The molecule has 0 radical (unpaired) electrons. The SMILES string of the molecule is COc1cccc(Cl)c1C1NCCS1. The molecule has 1 aliphatic heterocycles. The van der Waals surface area contributed by atoms with Gasteiger partial charge < -0.3 is 10.1 Å². The van der Waals surface area contributed by atoms with Crippen molar-refractivity contribution in [3.05, 3.63) is 28.8 Å². The number of nitrogens with one attached hydrogen (secondary N) is 1. The maximum Gasteiger partial charge on any atom is 0.125 e. The van der Waals surface area contributed by atoms with Crippen LogP contribution in [0.15, 0.2) is 18.2 Å². The number of hydrogen-bond donors (Lipinski definition) is 1. The van der Waals surface area contributed by atoms with Gasteiger partial charge >= 0.3 is 0 Å². The predicted molar refractivity (Wildman–Crippen MR) is 61.2 cm³/mol. The van der Waals surface area contributed by atoms with E-state index in [1.165, 1.54) is 0 Å². The molecule has 1 aromatic rings. The lowest BCUT2D eigenvalue weighted by molar-refractivity contribution is 0.408. The Hall–Kier alpha value is -0.380. The van der Waals surface area contributed by atoms with Gasteiger partial charge in [-0.1, -0.05) is 17.7 Å². The average Bonchev–Trinajstić information content (AvgIpc) is 2.70. The van der Waals surface area contributed by atoms with Crippen molar-refractivity contribution in [3.8, 4) is 5.75 Å². The van der Waals surface area contributed by atoms with Gasteiger partial charge in [0.1, 0.15) is 5.75 Å². The highest BCUT2D eigenvalue weighted by Crippen LogP contribution is 2.39. The van der Waals surface area contributed by atoms with Gasteiger partial charge in [-0.3, -0.25) is 0 Å². The van der Waals surface area contributed by atoms with Crippen LogP contribution in [0, 0.1) is 0 Å². The first-order valence-corrected chi connectivity index (χ1v) is 5.93. The van der Waals surface area contributed by atoms with Crippen molar-refractivity contribution in [2.45, 2.75) is 5.37 Å². The number of ether oxygens (including phenoxy) is 1. The molecule has 1 unspecified atom stereocenters. The molecule has 2 rings (SSSR count). The van der Waals surface area contributed by atoms with Crippen LogP contribution in [0.3, 0.4) is 0 Å². The van der Waals surface area contributed by atoms with Gasteiger partial charge in [-0.15, -0.1) is 11.8 Å². The van der Waals surface area contributed by atoms with Crippen LogP contribution in [-0.2, 0) is 0 Å². The molecule has 1 atom stereocenters. The Morgan fingerprint density at radius 3 is 3.07 bits per heavy atom. The van der Waals surface area contributed by atoms with Gasteiger partial charge in [0.15, 0.2) is 0 Å². The zero-order valence-corrected chi connectivity index (χ0v) is 9.49. The van der Waals surface area contributed by atoms with E-state index in [-0.39, 0.29) is 5.37 Å². The van der Waals surface area contributed by atoms with Crippen molar-refractivity contribution in [3.63, 3.8) is 0 Å². The largest absolute Gasteiger partial charge is 0.496 e. The number of thioether (sulfide) groups is 1. The van der Waals surface area contributed by atoms with Gasteiger partial charge in [-0.05, 0) is 12.1 Å². The zero-order valence-electron chi connectivity index (χ0n) is 7.92. The number of hydrogen-bond acceptors (Lipinski definition) is 3. The number of methoxy groups -OCH3 is 1. The summed E-state index contributed by atoms with van der Waals surface area (Å²) in [5.74, 6) is 1.99. The van der Waals surface area contributed by atoms with Crippen LogP contribution in [0.1, 0.15) is 10.9 Å². The van der Waals surface area contributed by atoms with E-state index in [0.29, 0.717) is 0 Å². The molecule has 0 aromatic heterocycles. The fraction of sp³-hybridized carbons (Fsp3) is 0.400. The molecule has 0 spiro atoms. The highest BCUT2D eigenvalue weighted by Gasteiger charge is 2.22. The van der Waals surface area contributed by atoms with Crippen molar-refractivity contribution in [1.82, 2.24) is 5.32 Å². The smallest absolute Gasteiger partial charge is 0.125 e. The Morgan fingerprint density at radius 1 is 1.57 bits per heavy atom. The first-order chi connectivity index (χ1) is 6.83. The van der Waals surface area contributed by atoms with E-state index < -0.39 is 0 Å². The minimum atomic E-state index is 0.277. The van der Waals surface area contributed by atoms with Crippen LogP contribution in [0.25, 0.3) is 0 Å². The van der Waals surface area contributed by atoms with Crippen LogP contribution in [0.5, 0.6) is 5.75 Å². The van der Waals surface area contributed by atoms with Crippen LogP contribution in [0.4, 0.5) is 0 Å². The Labute approximate surface area is 93.0 Å². The molecule has 4 heteroatoms. The quantitative estimate of drug-likeness (QED) is 0.843. The third-order valence-electron chi connectivity index (χ3n) is 2.21. The zero-order chi connectivity index (χ0) is 9.97. The lowest BCUT2D eigenvalue weighted by Gasteiger charge is -2.15. The molecule has 1 N–H and O–H groups in total. The second kappa shape index (κ2) is 4.43. The number of rotatable bonds is 2. The Kier molecular flexibility index (Phi) is 3.21. The molecule has 1 fully saturated rings. The van der Waals surface area contributed by atoms with Gasteiger partial charge in [0, 0.05) is 22.9 Å². The van der Waals surface area contributed by atoms with E-state index in [9.17, 15) is 0 Å². The highest BCUT2D eigenvalue weighted by molar-refractivity contribution is 7.99. The minimum Gasteiger partial charge on any atom is -0.496 e. The van der Waals surface area contributed by atoms with Crippen molar-refractivity contribution in [2.75, 3.05) is 19.4 Å². The molecule has 76 valence electrons. The summed E-state index contributed by atoms with van der Waals surface area (Å²) in [6.07, 6.45) is 0. The van der Waals surface area contributed by atoms with Crippen LogP contribution in [0.2, 0.25) is 5.02 Å². The Morgan fingerprint density at radius 2 is 2.43 bits per heavy atom. The van der Waals surface area contributed by atoms with Crippen LogP contribution in [-0.4, -0.2) is 19.4 Å². The number of halogens is 1. The van der Waals surface area contributed by atoms with E-state index >= 15 is 0 Å². The molecular formula is C10H12ClNOS. The van der Waals surface area contributed by atoms with Gasteiger partial charge in [-0.2, -0.15) is 0 Å². The normalized spacial score (nSPS) is 21.1. The van der Waals surface area contributed by atoms with E-state index in [1.807, 2.05) is 30.0 Å². The molecule has 0 bridgehead atoms. The Balaban J connectivity index is 2.37. The molecule has 0 amide bonds. The lowest BCUT2D eigenvalue weighted by Crippen LogP contribution is -2.13. The summed E-state index contributed by atoms with van der Waals surface area (Å²) in [6, 6.07) is 5.76. The van der Waals surface area contributed by atoms with E-state index in [1.54, 1.807) is 7.11 Å². The van der Waals surface area contributed by atoms with E-state index in [4.69, 9.17) is 16.3 Å². The molecule has 1 aromatic carbocycles. The monoisotopic (exact) mass is 229 g/mol. The molecular weight excluding hydrogens is 218 g/mol. The lowest BCUT2D eigenvalue weighted by atomic mass is 10.2. The molecule has 1 aliphatic rings. The maximum atomic E-state index is 6.15. The van der Waals surface area contributed by atoms with Crippen molar-refractivity contribution >= 4 is 23.4 Å². The fourth-order valence-electron chi connectivity index (χ4n) is 1.56. The fourth-order valence-corrected chi connectivity index (χ4v) is 3.02. The molecule has 0 aliphatic carbocycles. The standard InChI is InChI=1S/C10H12ClNOS/c1-13-8-4-2-3-7(11)9(8)10-12-5-6-14-10/h2-4,10,12H,5-6H2,1H3. The third kappa shape index (κ3) is 1.85. The minimum absolute atomic E-state index is 0.277. The summed E-state index contributed by atoms with van der Waals surface area (Å²) in [7, 11) is 1.68. The summed E-state index contributed by atoms with van der Waals surface area (Å²) >= 11 is 8.02. The predicted octanol–water partition coefficient (Wildman–Crippen LogP) is 2.68. The average molecular weight is 230 g/mol. The first-order valence-electron chi connectivity index (χ1n) is 4.50. The third-order valence-corrected chi connectivity index (χ3v) is 3.72. The highest BCUT2D eigenvalue weighted by atomic mass is 35.5. The van der Waals surface area contributed by atoms with Crippen LogP contribution < -0.4 is 10.1 Å². The topological polar surface area (TPSA) is 21.3 Å². The molecule has 14 heavy (non-hydrogen) atoms. The Bertz CT molecular complexity index is 326. The second-order valence-electron chi connectivity index (χ2n) is 3.06. The van der Waals surface area contributed by atoms with Gasteiger partial charge in [0.2, 0.25) is 0 Å². The van der Waals surface area contributed by atoms with Crippen LogP contribution >= 0.6 is 23.4 Å². The first kappa shape index (κ1) is 10.1. The molecule has 1 heterocycles. The van der Waals surface area contributed by atoms with Gasteiger partial charge in [0.25, 0.3) is 0 Å². The summed E-state index contributed by atoms with van der Waals surface area (Å²) < 4.78 is 5.30. The summed E-state index contributed by atoms with van der Waals surface area (Å²) in [4.78, 5) is 0. The summed E-state index contributed by atoms with van der Waals surface area (Å²) in [6.45, 7) is 1.03. The maximum absolute atomic E-state index is 6.15. The number of benzene rings is 1.